The predicted octanol–water partition coefficient (Wildman–Crippen LogP) is 6.21. The zero-order chi connectivity index (χ0) is 15.9. The van der Waals surface area contributed by atoms with Gasteiger partial charge in [-0.3, -0.25) is 4.98 Å². The van der Waals surface area contributed by atoms with E-state index in [0.717, 1.165) is 5.69 Å². The van der Waals surface area contributed by atoms with Crippen LogP contribution in [-0.4, -0.2) is 4.98 Å². The second-order valence-electron chi connectivity index (χ2n) is 6.90. The summed E-state index contributed by atoms with van der Waals surface area (Å²) in [6, 6.07) is 13.0. The molecule has 2 aromatic heterocycles. The number of aromatic nitrogens is 1. The average Bonchev–Trinajstić information content (AvgIpc) is 2.87. The largest absolute Gasteiger partial charge is 0.255 e. The molecule has 2 heterocycles. The molecule has 2 heteroatoms. The first-order chi connectivity index (χ1) is 10.4. The van der Waals surface area contributed by atoms with Crippen LogP contribution in [0.1, 0.15) is 38.8 Å². The molecule has 0 saturated carbocycles. The van der Waals surface area contributed by atoms with Crippen LogP contribution in [0, 0.1) is 12.8 Å². The molecule has 22 heavy (non-hydrogen) atoms. The average molecular weight is 309 g/mol. The monoisotopic (exact) mass is 309 g/mol. The van der Waals surface area contributed by atoms with E-state index >= 15 is 0 Å². The highest BCUT2D eigenvalue weighted by atomic mass is 32.1. The van der Waals surface area contributed by atoms with Crippen molar-refractivity contribution in [1.29, 1.82) is 0 Å². The van der Waals surface area contributed by atoms with Crippen LogP contribution in [0.25, 0.3) is 20.7 Å². The van der Waals surface area contributed by atoms with Crippen LogP contribution in [0.4, 0.5) is 0 Å². The van der Waals surface area contributed by atoms with Gasteiger partial charge >= 0.3 is 0 Å². The van der Waals surface area contributed by atoms with Crippen molar-refractivity contribution in [3.63, 3.8) is 0 Å². The molecule has 0 amide bonds. The number of hydrogen-bond acceptors (Lipinski definition) is 2. The number of pyridine rings is 1. The van der Waals surface area contributed by atoms with Crippen molar-refractivity contribution in [2.75, 3.05) is 0 Å². The fourth-order valence-corrected chi connectivity index (χ4v) is 4.10. The minimum absolute atomic E-state index is 0.113. The number of rotatable bonds is 3. The standard InChI is InChI=1S/C20H23NS/c1-13(2)20(4,5)18-15-8-6-7-9-17(15)22-19(18)16-11-10-14(3)12-21-16/h6-13H,1-5H3. The predicted molar refractivity (Wildman–Crippen MR) is 97.7 cm³/mol. The molecule has 0 fully saturated rings. The van der Waals surface area contributed by atoms with Crippen molar-refractivity contribution < 1.29 is 0 Å². The van der Waals surface area contributed by atoms with Gasteiger partial charge in [-0.05, 0) is 46.9 Å². The van der Waals surface area contributed by atoms with Crippen molar-refractivity contribution in [3.05, 3.63) is 53.7 Å². The normalized spacial score (nSPS) is 12.3. The quantitative estimate of drug-likeness (QED) is 0.561. The molecule has 3 rings (SSSR count). The lowest BCUT2D eigenvalue weighted by Gasteiger charge is -2.30. The van der Waals surface area contributed by atoms with Crippen molar-refractivity contribution in [3.8, 4) is 10.6 Å². The second-order valence-corrected chi connectivity index (χ2v) is 7.95. The Morgan fingerprint density at radius 3 is 2.41 bits per heavy atom. The van der Waals surface area contributed by atoms with Crippen LogP contribution in [-0.2, 0) is 5.41 Å². The molecule has 0 radical (unpaired) electrons. The summed E-state index contributed by atoms with van der Waals surface area (Å²) in [4.78, 5) is 6.01. The maximum absolute atomic E-state index is 4.69. The fourth-order valence-electron chi connectivity index (χ4n) is 2.76. The van der Waals surface area contributed by atoms with Crippen molar-refractivity contribution in [2.45, 2.75) is 40.0 Å². The van der Waals surface area contributed by atoms with Crippen molar-refractivity contribution in [1.82, 2.24) is 4.98 Å². The van der Waals surface area contributed by atoms with E-state index in [9.17, 15) is 0 Å². The lowest BCUT2D eigenvalue weighted by Crippen LogP contribution is -2.24. The number of aryl methyl sites for hydroxylation is 1. The molecule has 0 N–H and O–H groups in total. The molecule has 0 aliphatic carbocycles. The summed E-state index contributed by atoms with van der Waals surface area (Å²) in [6.45, 7) is 11.4. The van der Waals surface area contributed by atoms with Crippen molar-refractivity contribution in [2.24, 2.45) is 5.92 Å². The summed E-state index contributed by atoms with van der Waals surface area (Å²) in [5.41, 5.74) is 3.85. The fraction of sp³-hybridized carbons (Fsp3) is 0.350. The van der Waals surface area contributed by atoms with E-state index in [1.54, 1.807) is 0 Å². The third kappa shape index (κ3) is 2.46. The summed E-state index contributed by atoms with van der Waals surface area (Å²) >= 11 is 1.86. The van der Waals surface area contributed by atoms with Gasteiger partial charge in [0, 0.05) is 10.9 Å². The minimum Gasteiger partial charge on any atom is -0.255 e. The van der Waals surface area contributed by atoms with Crippen LogP contribution in [0.15, 0.2) is 42.6 Å². The lowest BCUT2D eigenvalue weighted by atomic mass is 9.73. The van der Waals surface area contributed by atoms with Gasteiger partial charge in [-0.2, -0.15) is 0 Å². The third-order valence-corrected chi connectivity index (χ3v) is 6.02. The molecule has 1 aromatic carbocycles. The first kappa shape index (κ1) is 15.2. The van der Waals surface area contributed by atoms with Crippen LogP contribution in [0.3, 0.4) is 0 Å². The number of fused-ring (bicyclic) bond motifs is 1. The highest BCUT2D eigenvalue weighted by Gasteiger charge is 2.31. The van der Waals surface area contributed by atoms with Crippen LogP contribution in [0.2, 0.25) is 0 Å². The van der Waals surface area contributed by atoms with E-state index in [4.69, 9.17) is 0 Å². The maximum Gasteiger partial charge on any atom is 0.0805 e. The summed E-state index contributed by atoms with van der Waals surface area (Å²) in [7, 11) is 0. The van der Waals surface area contributed by atoms with Crippen LogP contribution in [0.5, 0.6) is 0 Å². The van der Waals surface area contributed by atoms with Gasteiger partial charge in [0.1, 0.15) is 0 Å². The van der Waals surface area contributed by atoms with E-state index < -0.39 is 0 Å². The minimum atomic E-state index is 0.113. The number of hydrogen-bond donors (Lipinski definition) is 0. The molecule has 3 aromatic rings. The first-order valence-electron chi connectivity index (χ1n) is 7.86. The van der Waals surface area contributed by atoms with Gasteiger partial charge in [-0.25, -0.2) is 0 Å². The van der Waals surface area contributed by atoms with Gasteiger partial charge in [0.2, 0.25) is 0 Å². The molecule has 0 bridgehead atoms. The Morgan fingerprint density at radius 2 is 1.77 bits per heavy atom. The summed E-state index contributed by atoms with van der Waals surface area (Å²) in [5, 5.41) is 1.38. The van der Waals surface area contributed by atoms with Gasteiger partial charge in [0.15, 0.2) is 0 Å². The maximum atomic E-state index is 4.69. The van der Waals surface area contributed by atoms with E-state index in [1.165, 1.54) is 26.1 Å². The highest BCUT2D eigenvalue weighted by Crippen LogP contribution is 2.46. The van der Waals surface area contributed by atoms with E-state index in [2.05, 4.69) is 76.0 Å². The van der Waals surface area contributed by atoms with Gasteiger partial charge < -0.3 is 0 Å². The molecule has 0 aliphatic heterocycles. The first-order valence-corrected chi connectivity index (χ1v) is 8.68. The zero-order valence-corrected chi connectivity index (χ0v) is 14.8. The molecular formula is C20H23NS. The molecule has 114 valence electrons. The number of thiophene rings is 1. The molecule has 0 unspecified atom stereocenters. The number of nitrogens with zero attached hydrogens (tertiary/aromatic N) is 1. The van der Waals surface area contributed by atoms with E-state index in [0.29, 0.717) is 5.92 Å². The van der Waals surface area contributed by atoms with Crippen molar-refractivity contribution >= 4 is 21.4 Å². The molecular weight excluding hydrogens is 286 g/mol. The topological polar surface area (TPSA) is 12.9 Å². The molecule has 0 aliphatic rings. The summed E-state index contributed by atoms with van der Waals surface area (Å²) < 4.78 is 1.35. The van der Waals surface area contributed by atoms with Gasteiger partial charge in [0.25, 0.3) is 0 Å². The lowest BCUT2D eigenvalue weighted by molar-refractivity contribution is 0.376. The van der Waals surface area contributed by atoms with Gasteiger partial charge in [0.05, 0.1) is 10.6 Å². The highest BCUT2D eigenvalue weighted by molar-refractivity contribution is 7.22. The van der Waals surface area contributed by atoms with E-state index in [-0.39, 0.29) is 5.41 Å². The Labute approximate surface area is 137 Å². The Balaban J connectivity index is 2.32. The Bertz CT molecular complexity index is 794. The molecule has 1 nitrogen and oxygen atoms in total. The second kappa shape index (κ2) is 5.51. The molecule has 0 spiro atoms. The SMILES string of the molecule is Cc1ccc(-c2sc3ccccc3c2C(C)(C)C(C)C)nc1. The molecule has 0 atom stereocenters. The van der Waals surface area contributed by atoms with Crippen LogP contribution >= 0.6 is 11.3 Å². The van der Waals surface area contributed by atoms with Gasteiger partial charge in [-0.15, -0.1) is 11.3 Å². The zero-order valence-electron chi connectivity index (χ0n) is 14.0. The van der Waals surface area contributed by atoms with E-state index in [1.807, 2.05) is 17.5 Å². The Hall–Kier alpha value is -1.67. The Kier molecular flexibility index (Phi) is 3.82. The Morgan fingerprint density at radius 1 is 1.05 bits per heavy atom. The number of benzene rings is 1. The molecule has 0 saturated heterocycles. The van der Waals surface area contributed by atoms with Gasteiger partial charge in [-0.1, -0.05) is 52.0 Å². The third-order valence-electron chi connectivity index (χ3n) is 4.83. The smallest absolute Gasteiger partial charge is 0.0805 e. The summed E-state index contributed by atoms with van der Waals surface area (Å²) in [5.74, 6) is 0.565. The van der Waals surface area contributed by atoms with Crippen LogP contribution < -0.4 is 0 Å². The summed E-state index contributed by atoms with van der Waals surface area (Å²) in [6.07, 6.45) is 1.96.